The SMILES string of the molecule is CCC(C)c1c[c-]c(-c2nccn2-c2c(C)cc(C)cc2C)cc1.Cc1cc(C)c(-n2ccnc2-c2[c-]cccc2)c(C)c1.Cc1cc(C)c(-n2ccnc2-c2[c-]cccc2)c(C)c1.[Ir+3]. The average Bonchev–Trinajstić information content (AvgIpc) is 4.07. The number of nitrogens with zero attached hydrogens (tertiary/aromatic N) is 6. The van der Waals surface area contributed by atoms with E-state index in [4.69, 9.17) is 0 Å². The van der Waals surface area contributed by atoms with Gasteiger partial charge >= 0.3 is 20.1 Å². The van der Waals surface area contributed by atoms with Gasteiger partial charge in [0.2, 0.25) is 0 Å². The maximum absolute atomic E-state index is 4.59. The molecule has 0 saturated carbocycles. The molecule has 0 amide bonds. The first-order chi connectivity index (χ1) is 30.8. The van der Waals surface area contributed by atoms with Crippen molar-refractivity contribution in [2.24, 2.45) is 0 Å². The molecule has 0 spiro atoms. The van der Waals surface area contributed by atoms with Crippen LogP contribution in [0.5, 0.6) is 0 Å². The van der Waals surface area contributed by atoms with Gasteiger partial charge in [0, 0.05) is 54.2 Å². The van der Waals surface area contributed by atoms with Gasteiger partial charge in [-0.1, -0.05) is 79.3 Å². The molecule has 0 radical (unpaired) electrons. The number of rotatable bonds is 8. The standard InChI is InChI=1S/C22H25N2.2C18H17N2.Ir/c1-6-16(3)19-7-9-20(10-8-19)22-23-11-12-24(22)21-17(4)13-15(2)14-18(21)5;2*1-13-11-14(2)17(15(3)12-13)20-10-9-19-18(20)16-7-5-4-6-8-16;/h7-9,11-14,16H,6H2,1-5H3;2*4-7,9-12H,1-3H3;/q3*-1;+3. The van der Waals surface area contributed by atoms with E-state index < -0.39 is 0 Å². The second-order valence-electron chi connectivity index (χ2n) is 17.0. The van der Waals surface area contributed by atoms with Crippen molar-refractivity contribution in [1.29, 1.82) is 0 Å². The van der Waals surface area contributed by atoms with Crippen LogP contribution in [-0.4, -0.2) is 28.7 Å². The summed E-state index contributed by atoms with van der Waals surface area (Å²) in [5, 5.41) is 0. The van der Waals surface area contributed by atoms with Crippen LogP contribution in [0.15, 0.2) is 140 Å². The third kappa shape index (κ3) is 10.9. The zero-order chi connectivity index (χ0) is 45.5. The van der Waals surface area contributed by atoms with Gasteiger partial charge in [-0.25, -0.2) is 0 Å². The van der Waals surface area contributed by atoms with E-state index in [1.54, 1.807) is 0 Å². The molecular formula is C58H59IrN6. The minimum Gasteiger partial charge on any atom is -0.340 e. The molecule has 0 fully saturated rings. The molecule has 7 heteroatoms. The molecule has 0 bridgehead atoms. The van der Waals surface area contributed by atoms with Gasteiger partial charge in [0.25, 0.3) is 0 Å². The Hall–Kier alpha value is -6.40. The Kier molecular flexibility index (Phi) is 15.9. The van der Waals surface area contributed by atoms with Gasteiger partial charge < -0.3 is 13.7 Å². The fourth-order valence-corrected chi connectivity index (χ4v) is 8.89. The van der Waals surface area contributed by atoms with Crippen molar-refractivity contribution in [3.8, 4) is 51.2 Å². The van der Waals surface area contributed by atoms with Crippen LogP contribution >= 0.6 is 0 Å². The van der Waals surface area contributed by atoms with E-state index in [0.717, 1.165) is 40.6 Å². The third-order valence-corrected chi connectivity index (χ3v) is 11.7. The molecule has 0 aliphatic heterocycles. The van der Waals surface area contributed by atoms with Crippen LogP contribution < -0.4 is 0 Å². The van der Waals surface area contributed by atoms with Crippen molar-refractivity contribution in [2.75, 3.05) is 0 Å². The molecule has 0 aliphatic carbocycles. The van der Waals surface area contributed by atoms with Gasteiger partial charge in [0.1, 0.15) is 0 Å². The summed E-state index contributed by atoms with van der Waals surface area (Å²) in [5.74, 6) is 3.37. The predicted molar refractivity (Wildman–Crippen MR) is 265 cm³/mol. The summed E-state index contributed by atoms with van der Waals surface area (Å²) < 4.78 is 6.48. The molecule has 3 aromatic heterocycles. The Morgan fingerprint density at radius 1 is 0.462 bits per heavy atom. The quantitative estimate of drug-likeness (QED) is 0.143. The zero-order valence-corrected chi connectivity index (χ0v) is 42.0. The molecule has 9 aromatic rings. The van der Waals surface area contributed by atoms with Crippen molar-refractivity contribution in [3.63, 3.8) is 0 Å². The van der Waals surface area contributed by atoms with E-state index in [0.29, 0.717) is 5.92 Å². The van der Waals surface area contributed by atoms with Gasteiger partial charge in [0.05, 0.1) is 17.5 Å². The maximum Gasteiger partial charge on any atom is 3.00 e. The largest absolute Gasteiger partial charge is 3.00 e. The van der Waals surface area contributed by atoms with Crippen LogP contribution in [0.4, 0.5) is 0 Å². The number of imidazole rings is 3. The molecule has 1 atom stereocenters. The minimum atomic E-state index is 0. The van der Waals surface area contributed by atoms with Crippen molar-refractivity contribution in [1.82, 2.24) is 28.7 Å². The summed E-state index contributed by atoms with van der Waals surface area (Å²) in [5.41, 5.74) is 19.5. The maximum atomic E-state index is 4.59. The Labute approximate surface area is 400 Å². The number of benzene rings is 6. The second-order valence-corrected chi connectivity index (χ2v) is 17.0. The predicted octanol–water partition coefficient (Wildman–Crippen LogP) is 14.3. The molecule has 330 valence electrons. The third-order valence-electron chi connectivity index (χ3n) is 11.7. The number of hydrogen-bond acceptors (Lipinski definition) is 3. The van der Waals surface area contributed by atoms with E-state index in [9.17, 15) is 0 Å². The molecule has 9 rings (SSSR count). The van der Waals surface area contributed by atoms with Crippen molar-refractivity contribution < 1.29 is 20.1 Å². The van der Waals surface area contributed by atoms with Crippen LogP contribution in [0, 0.1) is 80.5 Å². The Bertz CT molecular complexity index is 2770. The zero-order valence-electron chi connectivity index (χ0n) is 39.6. The van der Waals surface area contributed by atoms with Gasteiger partial charge in [-0.05, 0) is 95.7 Å². The van der Waals surface area contributed by atoms with Gasteiger partial charge in [-0.15, -0.1) is 107 Å². The average molecular weight is 1030 g/mol. The van der Waals surface area contributed by atoms with Crippen molar-refractivity contribution >= 4 is 0 Å². The first-order valence-corrected chi connectivity index (χ1v) is 22.1. The van der Waals surface area contributed by atoms with E-state index in [1.807, 2.05) is 85.7 Å². The van der Waals surface area contributed by atoms with Crippen molar-refractivity contribution in [3.05, 3.63) is 214 Å². The fourth-order valence-electron chi connectivity index (χ4n) is 8.89. The van der Waals surface area contributed by atoms with E-state index >= 15 is 0 Å². The molecule has 6 nitrogen and oxygen atoms in total. The van der Waals surface area contributed by atoms with Crippen LogP contribution in [0.3, 0.4) is 0 Å². The number of hydrogen-bond donors (Lipinski definition) is 0. The summed E-state index contributed by atoms with van der Waals surface area (Å²) in [4.78, 5) is 13.6. The van der Waals surface area contributed by atoms with E-state index in [2.05, 4.69) is 178 Å². The van der Waals surface area contributed by atoms with Gasteiger partial charge in [-0.2, -0.15) is 0 Å². The van der Waals surface area contributed by atoms with E-state index in [-0.39, 0.29) is 20.1 Å². The first-order valence-electron chi connectivity index (χ1n) is 22.1. The Morgan fingerprint density at radius 2 is 0.800 bits per heavy atom. The summed E-state index contributed by atoms with van der Waals surface area (Å²) in [6.07, 6.45) is 12.8. The minimum absolute atomic E-state index is 0. The second kappa shape index (κ2) is 21.5. The molecule has 0 saturated heterocycles. The van der Waals surface area contributed by atoms with Gasteiger partial charge in [0.15, 0.2) is 0 Å². The normalized spacial score (nSPS) is 11.2. The molecule has 1 unspecified atom stereocenters. The molecule has 0 aliphatic rings. The van der Waals surface area contributed by atoms with E-state index in [1.165, 1.54) is 72.7 Å². The summed E-state index contributed by atoms with van der Waals surface area (Å²) in [6, 6.07) is 45.5. The molecule has 65 heavy (non-hydrogen) atoms. The Balaban J connectivity index is 0.000000161. The van der Waals surface area contributed by atoms with Crippen LogP contribution in [0.1, 0.15) is 81.8 Å². The summed E-state index contributed by atoms with van der Waals surface area (Å²) in [7, 11) is 0. The molecule has 6 aromatic carbocycles. The number of aromatic nitrogens is 6. The Morgan fingerprint density at radius 3 is 1.08 bits per heavy atom. The molecule has 3 heterocycles. The molecular weight excluding hydrogens is 973 g/mol. The van der Waals surface area contributed by atoms with Crippen LogP contribution in [0.2, 0.25) is 0 Å². The smallest absolute Gasteiger partial charge is 0.340 e. The number of aryl methyl sites for hydroxylation is 9. The first kappa shape index (κ1) is 48.1. The van der Waals surface area contributed by atoms with Gasteiger partial charge in [-0.3, -0.25) is 15.0 Å². The van der Waals surface area contributed by atoms with Crippen LogP contribution in [0.25, 0.3) is 51.2 Å². The molecule has 0 N–H and O–H groups in total. The fraction of sp³-hybridized carbons (Fsp3) is 0.224. The topological polar surface area (TPSA) is 53.5 Å². The monoisotopic (exact) mass is 1030 g/mol. The summed E-state index contributed by atoms with van der Waals surface area (Å²) >= 11 is 0. The summed E-state index contributed by atoms with van der Waals surface area (Å²) in [6.45, 7) is 23.8. The van der Waals surface area contributed by atoms with Crippen molar-refractivity contribution in [2.45, 2.75) is 88.5 Å². The van der Waals surface area contributed by atoms with Crippen LogP contribution in [-0.2, 0) is 20.1 Å².